The minimum absolute atomic E-state index is 0.0483. The highest BCUT2D eigenvalue weighted by molar-refractivity contribution is 5.77. The zero-order valence-electron chi connectivity index (χ0n) is 20.0. The van der Waals surface area contributed by atoms with Crippen molar-refractivity contribution < 1.29 is 64.2 Å². The molecule has 1 fully saturated rings. The summed E-state index contributed by atoms with van der Waals surface area (Å²) in [5.74, 6) is -6.36. The zero-order chi connectivity index (χ0) is 29.2. The van der Waals surface area contributed by atoms with Crippen LogP contribution in [-0.2, 0) is 33.6 Å². The Balaban J connectivity index is -0.000000417. The Morgan fingerprint density at radius 2 is 0.946 bits per heavy atom. The average molecular weight is 542 g/mol. The lowest BCUT2D eigenvalue weighted by atomic mass is 9.93. The molecule has 0 aliphatic heterocycles. The summed E-state index contributed by atoms with van der Waals surface area (Å²) in [7, 11) is 0. The third-order valence-corrected chi connectivity index (χ3v) is 3.57. The van der Waals surface area contributed by atoms with Crippen LogP contribution in [0.1, 0.15) is 25.7 Å². The molecular formula is C19H35N5O13. The van der Waals surface area contributed by atoms with E-state index in [1.165, 1.54) is 6.42 Å². The molecule has 0 radical (unpaired) electrons. The number of carboxylic acids is 6. The lowest BCUT2D eigenvalue weighted by molar-refractivity contribution is -0.138. The molecule has 0 heterocycles. The highest BCUT2D eigenvalue weighted by Gasteiger charge is 2.16. The highest BCUT2D eigenvalue weighted by atomic mass is 16.4. The van der Waals surface area contributed by atoms with Crippen LogP contribution in [0.4, 0.5) is 0 Å². The molecule has 0 aromatic heterocycles. The monoisotopic (exact) mass is 541 g/mol. The quantitative estimate of drug-likeness (QED) is 0.0835. The predicted octanol–water partition coefficient (Wildman–Crippen LogP) is -3.76. The molecule has 1 amide bonds. The molecule has 12 N–H and O–H groups in total. The number of rotatable bonds is 16. The van der Waals surface area contributed by atoms with Crippen LogP contribution in [0.15, 0.2) is 0 Å². The SMILES string of the molecule is NC(=O)CNCC(=O)O.O=C(O)CCNCC(=O)O.O=C(O)CNC1CCC1.O=C(O)CNCC(=O)O. The van der Waals surface area contributed by atoms with E-state index in [1.807, 2.05) is 0 Å². The molecule has 1 aliphatic carbocycles. The molecule has 0 spiro atoms. The molecule has 0 aromatic carbocycles. The Morgan fingerprint density at radius 3 is 1.24 bits per heavy atom. The Morgan fingerprint density at radius 1 is 0.568 bits per heavy atom. The van der Waals surface area contributed by atoms with Gasteiger partial charge >= 0.3 is 35.8 Å². The van der Waals surface area contributed by atoms with Gasteiger partial charge in [0.15, 0.2) is 0 Å². The summed E-state index contributed by atoms with van der Waals surface area (Å²) >= 11 is 0. The van der Waals surface area contributed by atoms with E-state index in [0.29, 0.717) is 6.04 Å². The van der Waals surface area contributed by atoms with E-state index in [9.17, 15) is 33.6 Å². The maximum Gasteiger partial charge on any atom is 0.317 e. The first-order chi connectivity index (χ1) is 17.2. The van der Waals surface area contributed by atoms with Crippen molar-refractivity contribution in [1.82, 2.24) is 21.3 Å². The summed E-state index contributed by atoms with van der Waals surface area (Å²) in [4.78, 5) is 68.8. The van der Waals surface area contributed by atoms with E-state index in [2.05, 4.69) is 27.0 Å². The molecule has 214 valence electrons. The number of hydrogen-bond acceptors (Lipinski definition) is 11. The molecule has 0 saturated heterocycles. The molecule has 0 unspecified atom stereocenters. The molecule has 18 nitrogen and oxygen atoms in total. The number of carbonyl (C=O) groups excluding carboxylic acids is 1. The van der Waals surface area contributed by atoms with Crippen molar-refractivity contribution in [2.24, 2.45) is 5.73 Å². The third-order valence-electron chi connectivity index (χ3n) is 3.57. The Bertz CT molecular complexity index is 655. The number of carboxylic acid groups (broad SMARTS) is 6. The smallest absolute Gasteiger partial charge is 0.317 e. The number of nitrogens with one attached hydrogen (secondary N) is 4. The second-order valence-electron chi connectivity index (χ2n) is 6.97. The van der Waals surface area contributed by atoms with E-state index >= 15 is 0 Å². The third kappa shape index (κ3) is 42.7. The number of hydrogen-bond donors (Lipinski definition) is 11. The van der Waals surface area contributed by atoms with Crippen molar-refractivity contribution in [2.75, 3.05) is 45.8 Å². The number of primary amides is 1. The van der Waals surface area contributed by atoms with Crippen LogP contribution in [0.25, 0.3) is 0 Å². The van der Waals surface area contributed by atoms with Gasteiger partial charge in [-0.25, -0.2) is 0 Å². The topological polar surface area (TPSA) is 315 Å². The van der Waals surface area contributed by atoms with Crippen molar-refractivity contribution in [3.05, 3.63) is 0 Å². The van der Waals surface area contributed by atoms with Gasteiger partial charge in [0, 0.05) is 12.6 Å². The van der Waals surface area contributed by atoms with Crippen LogP contribution in [0.2, 0.25) is 0 Å². The van der Waals surface area contributed by atoms with E-state index in [0.717, 1.165) is 12.8 Å². The van der Waals surface area contributed by atoms with Crippen molar-refractivity contribution in [3.8, 4) is 0 Å². The maximum absolute atomic E-state index is 9.98. The fourth-order valence-corrected chi connectivity index (χ4v) is 1.80. The van der Waals surface area contributed by atoms with Gasteiger partial charge < -0.3 is 47.0 Å². The number of amides is 1. The average Bonchev–Trinajstić information content (AvgIpc) is 2.70. The molecule has 0 aromatic rings. The van der Waals surface area contributed by atoms with Gasteiger partial charge in [-0.05, 0) is 12.8 Å². The van der Waals surface area contributed by atoms with Gasteiger partial charge in [0.05, 0.1) is 45.7 Å². The zero-order valence-corrected chi connectivity index (χ0v) is 20.0. The molecule has 37 heavy (non-hydrogen) atoms. The summed E-state index contributed by atoms with van der Waals surface area (Å²) in [5, 5.41) is 58.2. The number of carbonyl (C=O) groups is 7. The van der Waals surface area contributed by atoms with Crippen molar-refractivity contribution in [3.63, 3.8) is 0 Å². The minimum atomic E-state index is -1.06. The second-order valence-corrected chi connectivity index (χ2v) is 6.97. The summed E-state index contributed by atoms with van der Waals surface area (Å²) < 4.78 is 0. The summed E-state index contributed by atoms with van der Waals surface area (Å²) in [6.07, 6.45) is 3.49. The van der Waals surface area contributed by atoms with E-state index < -0.39 is 41.7 Å². The van der Waals surface area contributed by atoms with Crippen LogP contribution in [0, 0.1) is 0 Å². The first-order valence-electron chi connectivity index (χ1n) is 10.6. The van der Waals surface area contributed by atoms with Gasteiger partial charge in [0.2, 0.25) is 5.91 Å². The summed E-state index contributed by atoms with van der Waals surface area (Å²) in [6, 6.07) is 0.487. The lowest BCUT2D eigenvalue weighted by Gasteiger charge is -2.25. The fourth-order valence-electron chi connectivity index (χ4n) is 1.80. The highest BCUT2D eigenvalue weighted by Crippen LogP contribution is 2.17. The predicted molar refractivity (Wildman–Crippen MR) is 124 cm³/mol. The lowest BCUT2D eigenvalue weighted by Crippen LogP contribution is -2.38. The van der Waals surface area contributed by atoms with Crippen LogP contribution in [0.3, 0.4) is 0 Å². The molecule has 0 bridgehead atoms. The minimum Gasteiger partial charge on any atom is -0.481 e. The molecule has 1 rings (SSSR count). The standard InChI is InChI=1S/C6H11NO2.C5H9NO4.C4H8N2O3.C4H7NO4/c8-6(9)4-7-5-2-1-3-5;7-4(8)1-2-6-3-5(9)10;5-3(7)1-6-2-4(8)9;6-3(7)1-5-2-4(8)9/h5,7H,1-4H2,(H,8,9);6H,1-3H2,(H,7,8)(H,9,10);6H,1-2H2,(H2,5,7)(H,8,9);5H,1-2H2,(H,6,7)(H,8,9). The van der Waals surface area contributed by atoms with E-state index in [1.54, 1.807) is 0 Å². The van der Waals surface area contributed by atoms with Crippen LogP contribution < -0.4 is 27.0 Å². The van der Waals surface area contributed by atoms with Gasteiger partial charge in [-0.3, -0.25) is 44.2 Å². The van der Waals surface area contributed by atoms with E-state index in [-0.39, 0.29) is 52.2 Å². The molecular weight excluding hydrogens is 506 g/mol. The van der Waals surface area contributed by atoms with Gasteiger partial charge in [0.1, 0.15) is 0 Å². The first kappa shape index (κ1) is 37.7. The van der Waals surface area contributed by atoms with Crippen LogP contribution >= 0.6 is 0 Å². The van der Waals surface area contributed by atoms with Crippen LogP contribution in [-0.4, -0.2) is 124 Å². The molecule has 1 aliphatic rings. The van der Waals surface area contributed by atoms with Gasteiger partial charge in [-0.15, -0.1) is 0 Å². The van der Waals surface area contributed by atoms with E-state index in [4.69, 9.17) is 30.6 Å². The van der Waals surface area contributed by atoms with Gasteiger partial charge in [-0.1, -0.05) is 6.42 Å². The summed E-state index contributed by atoms with van der Waals surface area (Å²) in [5.41, 5.74) is 4.68. The van der Waals surface area contributed by atoms with Gasteiger partial charge in [0.25, 0.3) is 0 Å². The molecule has 18 heteroatoms. The Kier molecular flexibility index (Phi) is 25.7. The first-order valence-corrected chi connectivity index (χ1v) is 10.6. The maximum atomic E-state index is 9.98. The normalized spacial score (nSPS) is 11.5. The summed E-state index contributed by atoms with van der Waals surface area (Å²) in [6.45, 7) is -0.826. The molecule has 1 saturated carbocycles. The van der Waals surface area contributed by atoms with Crippen molar-refractivity contribution >= 4 is 41.7 Å². The largest absolute Gasteiger partial charge is 0.481 e. The number of aliphatic carboxylic acids is 6. The Hall–Kier alpha value is -3.87. The molecule has 0 atom stereocenters. The van der Waals surface area contributed by atoms with Crippen molar-refractivity contribution in [1.29, 1.82) is 0 Å². The van der Waals surface area contributed by atoms with Crippen LogP contribution in [0.5, 0.6) is 0 Å². The Labute approximate surface area is 211 Å². The van der Waals surface area contributed by atoms with Gasteiger partial charge in [-0.2, -0.15) is 0 Å². The number of nitrogens with two attached hydrogens (primary N) is 1. The fraction of sp³-hybridized carbons (Fsp3) is 0.632. The van der Waals surface area contributed by atoms with Crippen molar-refractivity contribution in [2.45, 2.75) is 31.7 Å². The second kappa shape index (κ2) is 25.2.